The summed E-state index contributed by atoms with van der Waals surface area (Å²) < 4.78 is 11.4. The molecular weight excluding hydrogens is 402 g/mol. The van der Waals surface area contributed by atoms with Crippen LogP contribution in [0.15, 0.2) is 84.9 Å². The summed E-state index contributed by atoms with van der Waals surface area (Å²) in [6, 6.07) is 25.2. The van der Waals surface area contributed by atoms with Gasteiger partial charge in [-0.3, -0.25) is 4.79 Å². The molecule has 5 nitrogen and oxygen atoms in total. The van der Waals surface area contributed by atoms with Crippen molar-refractivity contribution in [1.82, 2.24) is 5.32 Å². The smallest absolute Gasteiger partial charge is 0.329 e. The van der Waals surface area contributed by atoms with E-state index in [4.69, 9.17) is 9.47 Å². The molecule has 0 aliphatic rings. The van der Waals surface area contributed by atoms with Gasteiger partial charge in [0, 0.05) is 5.56 Å². The van der Waals surface area contributed by atoms with Crippen LogP contribution in [0.3, 0.4) is 0 Å². The zero-order chi connectivity index (χ0) is 22.9. The van der Waals surface area contributed by atoms with Crippen LogP contribution in [0.1, 0.15) is 48.4 Å². The molecule has 0 radical (unpaired) electrons. The van der Waals surface area contributed by atoms with E-state index in [-0.39, 0.29) is 11.8 Å². The summed E-state index contributed by atoms with van der Waals surface area (Å²) in [4.78, 5) is 26.0. The first-order valence-electron chi connectivity index (χ1n) is 10.8. The molecule has 0 aromatic heterocycles. The molecule has 166 valence electrons. The molecule has 1 amide bonds. The van der Waals surface area contributed by atoms with Gasteiger partial charge in [0.25, 0.3) is 5.91 Å². The van der Waals surface area contributed by atoms with Crippen LogP contribution in [-0.4, -0.2) is 24.5 Å². The maximum atomic E-state index is 13.2. The number of carbonyl (C=O) groups is 2. The van der Waals surface area contributed by atoms with Gasteiger partial charge < -0.3 is 14.8 Å². The van der Waals surface area contributed by atoms with Crippen LogP contribution in [0.5, 0.6) is 5.75 Å². The van der Waals surface area contributed by atoms with Crippen LogP contribution >= 0.6 is 0 Å². The SMILES string of the molecule is CCOc1ccc(C(=O)N[C@@H](C(=O)OC(c2ccccc2)c2ccccc2)C(C)C)cc1. The lowest BCUT2D eigenvalue weighted by Crippen LogP contribution is -2.45. The molecule has 0 bridgehead atoms. The molecule has 3 aromatic carbocycles. The molecule has 0 heterocycles. The highest BCUT2D eigenvalue weighted by Gasteiger charge is 2.29. The van der Waals surface area contributed by atoms with E-state index in [2.05, 4.69) is 5.32 Å². The summed E-state index contributed by atoms with van der Waals surface area (Å²) >= 11 is 0. The Morgan fingerprint density at radius 2 is 1.34 bits per heavy atom. The molecule has 0 saturated carbocycles. The Labute approximate surface area is 189 Å². The normalized spacial score (nSPS) is 11.8. The Bertz CT molecular complexity index is 961. The predicted molar refractivity (Wildman–Crippen MR) is 125 cm³/mol. The van der Waals surface area contributed by atoms with E-state index in [9.17, 15) is 9.59 Å². The zero-order valence-electron chi connectivity index (χ0n) is 18.7. The maximum Gasteiger partial charge on any atom is 0.329 e. The van der Waals surface area contributed by atoms with Gasteiger partial charge in [-0.2, -0.15) is 0 Å². The molecule has 3 rings (SSSR count). The molecule has 32 heavy (non-hydrogen) atoms. The number of hydrogen-bond donors (Lipinski definition) is 1. The molecule has 0 unspecified atom stereocenters. The highest BCUT2D eigenvalue weighted by molar-refractivity contribution is 5.97. The number of hydrogen-bond acceptors (Lipinski definition) is 4. The lowest BCUT2D eigenvalue weighted by molar-refractivity contribution is -0.151. The molecule has 1 N–H and O–H groups in total. The number of esters is 1. The molecule has 0 aliphatic heterocycles. The Hall–Kier alpha value is -3.60. The van der Waals surface area contributed by atoms with Crippen LogP contribution in [-0.2, 0) is 9.53 Å². The van der Waals surface area contributed by atoms with Crippen molar-refractivity contribution in [3.8, 4) is 5.75 Å². The molecule has 0 spiro atoms. The number of nitrogens with one attached hydrogen (secondary N) is 1. The number of ether oxygens (including phenoxy) is 2. The lowest BCUT2D eigenvalue weighted by atomic mass is 10.00. The van der Waals surface area contributed by atoms with Crippen molar-refractivity contribution in [2.75, 3.05) is 6.61 Å². The Kier molecular flexibility index (Phi) is 8.03. The number of amides is 1. The third-order valence-corrected chi connectivity index (χ3v) is 5.07. The predicted octanol–water partition coefficient (Wildman–Crippen LogP) is 5.17. The Morgan fingerprint density at radius 1 is 0.812 bits per heavy atom. The lowest BCUT2D eigenvalue weighted by Gasteiger charge is -2.25. The van der Waals surface area contributed by atoms with E-state index < -0.39 is 18.1 Å². The van der Waals surface area contributed by atoms with Crippen molar-refractivity contribution in [2.45, 2.75) is 32.9 Å². The third kappa shape index (κ3) is 5.97. The molecule has 0 aliphatic carbocycles. The first-order chi connectivity index (χ1) is 15.5. The third-order valence-electron chi connectivity index (χ3n) is 5.07. The van der Waals surface area contributed by atoms with Crippen molar-refractivity contribution in [1.29, 1.82) is 0 Å². The fourth-order valence-electron chi connectivity index (χ4n) is 3.37. The van der Waals surface area contributed by atoms with Crippen molar-refractivity contribution < 1.29 is 19.1 Å². The van der Waals surface area contributed by atoms with Gasteiger partial charge in [-0.05, 0) is 48.2 Å². The molecule has 0 fully saturated rings. The van der Waals surface area contributed by atoms with E-state index in [1.54, 1.807) is 24.3 Å². The number of carbonyl (C=O) groups excluding carboxylic acids is 2. The first-order valence-corrected chi connectivity index (χ1v) is 10.8. The van der Waals surface area contributed by atoms with E-state index in [0.717, 1.165) is 11.1 Å². The highest BCUT2D eigenvalue weighted by Crippen LogP contribution is 2.27. The first kappa shape index (κ1) is 23.1. The van der Waals surface area contributed by atoms with Gasteiger partial charge >= 0.3 is 5.97 Å². The molecule has 5 heteroatoms. The van der Waals surface area contributed by atoms with Gasteiger partial charge in [-0.15, -0.1) is 0 Å². The maximum absolute atomic E-state index is 13.2. The summed E-state index contributed by atoms with van der Waals surface area (Å²) in [5, 5.41) is 2.84. The molecule has 1 atom stereocenters. The minimum absolute atomic E-state index is 0.152. The number of benzene rings is 3. The standard InChI is InChI=1S/C27H29NO4/c1-4-31-23-17-15-22(16-18-23)26(29)28-24(19(2)3)27(30)32-25(20-11-7-5-8-12-20)21-13-9-6-10-14-21/h5-19,24-25H,4H2,1-3H3,(H,28,29)/t24-/m1/s1. The second-order valence-electron chi connectivity index (χ2n) is 7.79. The highest BCUT2D eigenvalue weighted by atomic mass is 16.5. The van der Waals surface area contributed by atoms with E-state index in [1.165, 1.54) is 0 Å². The van der Waals surface area contributed by atoms with E-state index in [0.29, 0.717) is 17.9 Å². The summed E-state index contributed by atoms with van der Waals surface area (Å²) in [5.74, 6) is -0.268. The molecule has 0 saturated heterocycles. The van der Waals surface area contributed by atoms with Gasteiger partial charge in [0.15, 0.2) is 6.10 Å². The second kappa shape index (κ2) is 11.1. The molecular formula is C27H29NO4. The Morgan fingerprint density at radius 3 is 1.81 bits per heavy atom. The summed E-state index contributed by atoms with van der Waals surface area (Å²) in [5.41, 5.74) is 2.19. The second-order valence-corrected chi connectivity index (χ2v) is 7.79. The van der Waals surface area contributed by atoms with Crippen molar-refractivity contribution in [2.24, 2.45) is 5.92 Å². The average molecular weight is 432 g/mol. The van der Waals surface area contributed by atoms with Crippen LogP contribution in [0.2, 0.25) is 0 Å². The topological polar surface area (TPSA) is 64.6 Å². The number of rotatable bonds is 9. The van der Waals surface area contributed by atoms with Crippen molar-refractivity contribution >= 4 is 11.9 Å². The van der Waals surface area contributed by atoms with Crippen LogP contribution in [0.4, 0.5) is 0 Å². The molecule has 3 aromatic rings. The van der Waals surface area contributed by atoms with E-state index >= 15 is 0 Å². The van der Waals surface area contributed by atoms with Gasteiger partial charge in [0.2, 0.25) is 0 Å². The van der Waals surface area contributed by atoms with E-state index in [1.807, 2.05) is 81.4 Å². The van der Waals surface area contributed by atoms with Gasteiger partial charge in [0.05, 0.1) is 6.61 Å². The summed E-state index contributed by atoms with van der Waals surface area (Å²) in [7, 11) is 0. The van der Waals surface area contributed by atoms with Gasteiger partial charge in [0.1, 0.15) is 11.8 Å². The fraction of sp³-hybridized carbons (Fsp3) is 0.259. The average Bonchev–Trinajstić information content (AvgIpc) is 2.82. The van der Waals surface area contributed by atoms with Crippen molar-refractivity contribution in [3.05, 3.63) is 102 Å². The van der Waals surface area contributed by atoms with Gasteiger partial charge in [-0.1, -0.05) is 74.5 Å². The van der Waals surface area contributed by atoms with Crippen LogP contribution in [0, 0.1) is 5.92 Å². The summed E-state index contributed by atoms with van der Waals surface area (Å²) in [6.45, 7) is 6.21. The monoisotopic (exact) mass is 431 g/mol. The fourth-order valence-corrected chi connectivity index (χ4v) is 3.37. The van der Waals surface area contributed by atoms with Crippen LogP contribution < -0.4 is 10.1 Å². The quantitative estimate of drug-likeness (QED) is 0.475. The zero-order valence-corrected chi connectivity index (χ0v) is 18.7. The largest absolute Gasteiger partial charge is 0.494 e. The Balaban J connectivity index is 1.77. The van der Waals surface area contributed by atoms with Crippen LogP contribution in [0.25, 0.3) is 0 Å². The summed E-state index contributed by atoms with van der Waals surface area (Å²) in [6.07, 6.45) is -0.562. The minimum atomic E-state index is -0.788. The minimum Gasteiger partial charge on any atom is -0.494 e. The van der Waals surface area contributed by atoms with Crippen molar-refractivity contribution in [3.63, 3.8) is 0 Å². The van der Waals surface area contributed by atoms with Gasteiger partial charge in [-0.25, -0.2) is 4.79 Å².